The number of rotatable bonds is 7. The van der Waals surface area contributed by atoms with E-state index in [2.05, 4.69) is 10.4 Å². The molecule has 2 saturated heterocycles. The molecule has 188 valence electrons. The molecule has 1 unspecified atom stereocenters. The summed E-state index contributed by atoms with van der Waals surface area (Å²) < 4.78 is 44.8. The van der Waals surface area contributed by atoms with Crippen LogP contribution in [0.1, 0.15) is 5.56 Å². The quantitative estimate of drug-likeness (QED) is 0.508. The number of carbonyl (C=O) groups is 2. The number of hydrogen-bond acceptors (Lipinski definition) is 7. The van der Waals surface area contributed by atoms with Gasteiger partial charge in [0, 0.05) is 38.4 Å². The molecule has 2 fully saturated rings. The number of halogens is 3. The summed E-state index contributed by atoms with van der Waals surface area (Å²) >= 11 is 0. The number of nitrogens with one attached hydrogen (secondary N) is 2. The molecule has 4 N–H and O–H groups in total. The average molecular weight is 493 g/mol. The van der Waals surface area contributed by atoms with Crippen LogP contribution in [0.5, 0.6) is 0 Å². The highest BCUT2D eigenvalue weighted by atomic mass is 19.3. The lowest BCUT2D eigenvalue weighted by Crippen LogP contribution is -2.38. The maximum Gasteiger partial charge on any atom is 0.414 e. The van der Waals surface area contributed by atoms with Gasteiger partial charge in [0.05, 0.1) is 24.5 Å². The van der Waals surface area contributed by atoms with Crippen molar-refractivity contribution in [1.82, 2.24) is 15.8 Å². The molecule has 1 atom stereocenters. The van der Waals surface area contributed by atoms with Crippen LogP contribution in [0.3, 0.4) is 0 Å². The Morgan fingerprint density at radius 2 is 1.94 bits per heavy atom. The topological polar surface area (TPSA) is 103 Å². The molecule has 0 aromatic heterocycles. The highest BCUT2D eigenvalue weighted by Crippen LogP contribution is 2.28. The Morgan fingerprint density at radius 3 is 2.66 bits per heavy atom. The molecular formula is C23H27F3N6O3. The third kappa shape index (κ3) is 6.14. The Morgan fingerprint density at radius 1 is 1.17 bits per heavy atom. The van der Waals surface area contributed by atoms with Crippen LogP contribution in [0.2, 0.25) is 0 Å². The lowest BCUT2D eigenvalue weighted by Gasteiger charge is -2.24. The van der Waals surface area contributed by atoms with E-state index in [1.807, 2.05) is 34.5 Å². The number of cyclic esters (lactones) is 1. The van der Waals surface area contributed by atoms with Crippen molar-refractivity contribution in [3.8, 4) is 0 Å². The van der Waals surface area contributed by atoms with Gasteiger partial charge in [0.1, 0.15) is 11.9 Å². The Hall–Kier alpha value is -3.51. The van der Waals surface area contributed by atoms with E-state index in [-0.39, 0.29) is 18.8 Å². The molecule has 12 heteroatoms. The smallest absolute Gasteiger partial charge is 0.414 e. The minimum absolute atomic E-state index is 0.00880. The van der Waals surface area contributed by atoms with Crippen LogP contribution in [-0.2, 0) is 16.1 Å². The van der Waals surface area contributed by atoms with E-state index in [4.69, 9.17) is 10.5 Å². The molecular weight excluding hydrogens is 465 g/mol. The minimum Gasteiger partial charge on any atom is -0.442 e. The fourth-order valence-corrected chi connectivity index (χ4v) is 4.05. The number of anilines is 3. The van der Waals surface area contributed by atoms with E-state index >= 15 is 4.39 Å². The van der Waals surface area contributed by atoms with Crippen LogP contribution in [0.15, 0.2) is 42.5 Å². The van der Waals surface area contributed by atoms with Gasteiger partial charge in [-0.1, -0.05) is 12.1 Å². The Bertz CT molecular complexity index is 1060. The van der Waals surface area contributed by atoms with Crippen molar-refractivity contribution in [2.75, 3.05) is 54.8 Å². The van der Waals surface area contributed by atoms with Gasteiger partial charge >= 0.3 is 12.5 Å². The normalized spacial score (nSPS) is 19.1. The fraction of sp³-hybridized carbons (Fsp3) is 0.391. The largest absolute Gasteiger partial charge is 0.442 e. The molecule has 35 heavy (non-hydrogen) atoms. The molecule has 4 rings (SSSR count). The van der Waals surface area contributed by atoms with Crippen molar-refractivity contribution in [2.24, 2.45) is 0 Å². The molecule has 9 nitrogen and oxygen atoms in total. The Labute approximate surface area is 200 Å². The number of hydrazine groups is 1. The lowest BCUT2D eigenvalue weighted by molar-refractivity contribution is -0.132. The Balaban J connectivity index is 1.35. The zero-order valence-electron chi connectivity index (χ0n) is 18.9. The summed E-state index contributed by atoms with van der Waals surface area (Å²) in [6.07, 6.45) is -4.69. The molecule has 0 spiro atoms. The first-order valence-electron chi connectivity index (χ1n) is 11.2. The van der Waals surface area contributed by atoms with Gasteiger partial charge in [0.15, 0.2) is 0 Å². The zero-order valence-corrected chi connectivity index (χ0v) is 18.9. The maximum absolute atomic E-state index is 15.1. The predicted octanol–water partition coefficient (Wildman–Crippen LogP) is 1.94. The summed E-state index contributed by atoms with van der Waals surface area (Å²) in [5.41, 5.74) is 11.6. The van der Waals surface area contributed by atoms with Gasteiger partial charge in [-0.2, -0.15) is 8.78 Å². The summed E-state index contributed by atoms with van der Waals surface area (Å²) in [5, 5.41) is 4.09. The van der Waals surface area contributed by atoms with E-state index in [1.54, 1.807) is 12.1 Å². The minimum atomic E-state index is -3.15. The number of ether oxygens (including phenoxy) is 1. The van der Waals surface area contributed by atoms with Crippen molar-refractivity contribution in [2.45, 2.75) is 19.1 Å². The molecule has 2 aliphatic rings. The van der Waals surface area contributed by atoms with Gasteiger partial charge in [-0.15, -0.1) is 0 Å². The number of alkyl halides is 2. The van der Waals surface area contributed by atoms with Crippen LogP contribution >= 0.6 is 0 Å². The van der Waals surface area contributed by atoms with Crippen LogP contribution < -0.4 is 26.3 Å². The van der Waals surface area contributed by atoms with E-state index in [0.29, 0.717) is 44.1 Å². The molecule has 2 heterocycles. The Kier molecular flexibility index (Phi) is 7.61. The van der Waals surface area contributed by atoms with Gasteiger partial charge in [-0.05, 0) is 35.9 Å². The molecule has 0 saturated carbocycles. The summed E-state index contributed by atoms with van der Waals surface area (Å²) in [6.45, 7) is 2.92. The standard InChI is InChI=1S/C23H27F3N6O3/c24-19-11-17(32-14-18(35-23(32)34)12-28-22(33)21(25)26)5-6-20(19)30-8-7-29-31(10-9-30)13-15-1-3-16(27)4-2-15/h1-6,11,18,21,29H,7-10,12-14,27H2,(H,28,33). The summed E-state index contributed by atoms with van der Waals surface area (Å²) in [7, 11) is 0. The number of nitrogen functional groups attached to an aromatic ring is 1. The van der Waals surface area contributed by atoms with Crippen LogP contribution in [-0.4, -0.2) is 68.8 Å². The molecule has 0 aliphatic carbocycles. The van der Waals surface area contributed by atoms with Crippen molar-refractivity contribution in [3.63, 3.8) is 0 Å². The van der Waals surface area contributed by atoms with E-state index in [0.717, 1.165) is 5.56 Å². The number of carbonyl (C=O) groups excluding carboxylic acids is 2. The van der Waals surface area contributed by atoms with Crippen molar-refractivity contribution in [3.05, 3.63) is 53.8 Å². The number of hydrogen-bond donors (Lipinski definition) is 3. The zero-order chi connectivity index (χ0) is 24.9. The second kappa shape index (κ2) is 10.8. The number of amides is 2. The number of nitrogens with two attached hydrogens (primary N) is 1. The van der Waals surface area contributed by atoms with Gasteiger partial charge < -0.3 is 20.7 Å². The predicted molar refractivity (Wildman–Crippen MR) is 125 cm³/mol. The average Bonchev–Trinajstić information content (AvgIpc) is 3.05. The second-order valence-electron chi connectivity index (χ2n) is 8.36. The van der Waals surface area contributed by atoms with Gasteiger partial charge in [0.25, 0.3) is 5.91 Å². The first kappa shape index (κ1) is 24.6. The second-order valence-corrected chi connectivity index (χ2v) is 8.36. The van der Waals surface area contributed by atoms with Crippen LogP contribution in [0.25, 0.3) is 0 Å². The monoisotopic (exact) mass is 492 g/mol. The molecule has 2 aliphatic heterocycles. The summed E-state index contributed by atoms with van der Waals surface area (Å²) in [4.78, 5) is 26.4. The van der Waals surface area contributed by atoms with Crippen LogP contribution in [0.4, 0.5) is 35.0 Å². The fourth-order valence-electron chi connectivity index (χ4n) is 4.05. The van der Waals surface area contributed by atoms with Crippen LogP contribution in [0, 0.1) is 5.82 Å². The van der Waals surface area contributed by atoms with Gasteiger partial charge in [-0.25, -0.2) is 14.2 Å². The summed E-state index contributed by atoms with van der Waals surface area (Å²) in [5.74, 6) is -1.93. The maximum atomic E-state index is 15.1. The highest BCUT2D eigenvalue weighted by Gasteiger charge is 2.33. The molecule has 2 amide bonds. The van der Waals surface area contributed by atoms with E-state index in [1.165, 1.54) is 11.0 Å². The molecule has 0 bridgehead atoms. The van der Waals surface area contributed by atoms with Gasteiger partial charge in [-0.3, -0.25) is 15.1 Å². The van der Waals surface area contributed by atoms with E-state index < -0.39 is 30.3 Å². The third-order valence-electron chi connectivity index (χ3n) is 5.87. The molecule has 2 aromatic carbocycles. The number of nitrogens with zero attached hydrogens (tertiary/aromatic N) is 3. The third-order valence-corrected chi connectivity index (χ3v) is 5.87. The highest BCUT2D eigenvalue weighted by molar-refractivity contribution is 5.90. The lowest BCUT2D eigenvalue weighted by atomic mass is 10.2. The molecule has 2 aromatic rings. The van der Waals surface area contributed by atoms with Crippen molar-refractivity contribution >= 4 is 29.1 Å². The summed E-state index contributed by atoms with van der Waals surface area (Å²) in [6, 6.07) is 12.1. The van der Waals surface area contributed by atoms with Crippen molar-refractivity contribution < 1.29 is 27.5 Å². The number of benzene rings is 2. The van der Waals surface area contributed by atoms with E-state index in [9.17, 15) is 18.4 Å². The van der Waals surface area contributed by atoms with Crippen molar-refractivity contribution in [1.29, 1.82) is 0 Å². The SMILES string of the molecule is Nc1ccc(CN2CCN(c3ccc(N4CC(CNC(=O)C(F)F)OC4=O)cc3F)CCN2)cc1. The first-order valence-corrected chi connectivity index (χ1v) is 11.2. The first-order chi connectivity index (χ1) is 16.8. The molecule has 0 radical (unpaired) electrons. The van der Waals surface area contributed by atoms with Gasteiger partial charge in [0.2, 0.25) is 0 Å².